The molecule has 0 radical (unpaired) electrons. The van der Waals surface area contributed by atoms with Crippen molar-refractivity contribution in [1.82, 2.24) is 20.2 Å². The molecule has 0 saturated carbocycles. The maximum absolute atomic E-state index is 5.50. The first-order valence-electron chi connectivity index (χ1n) is 2.69. The van der Waals surface area contributed by atoms with Crippen LogP contribution < -0.4 is 5.73 Å². The van der Waals surface area contributed by atoms with Crippen LogP contribution in [0.25, 0.3) is 0 Å². The number of tetrazole rings is 1. The van der Waals surface area contributed by atoms with Gasteiger partial charge in [-0.2, -0.15) is 0 Å². The van der Waals surface area contributed by atoms with E-state index in [1.807, 2.05) is 6.92 Å². The summed E-state index contributed by atoms with van der Waals surface area (Å²) in [5, 5.41) is 10.7. The van der Waals surface area contributed by atoms with E-state index in [1.54, 1.807) is 11.7 Å². The van der Waals surface area contributed by atoms with Crippen molar-refractivity contribution in [3.8, 4) is 0 Å². The van der Waals surface area contributed by atoms with E-state index >= 15 is 0 Å². The van der Waals surface area contributed by atoms with E-state index in [2.05, 4.69) is 15.5 Å². The molecule has 0 aromatic carbocycles. The first-order chi connectivity index (χ1) is 4.22. The van der Waals surface area contributed by atoms with Crippen LogP contribution in [0.4, 0.5) is 0 Å². The van der Waals surface area contributed by atoms with Gasteiger partial charge in [0.05, 0.1) is 6.04 Å². The van der Waals surface area contributed by atoms with Crippen molar-refractivity contribution in [2.75, 3.05) is 0 Å². The van der Waals surface area contributed by atoms with Crippen molar-refractivity contribution in [3.05, 3.63) is 5.82 Å². The second kappa shape index (κ2) is 3.48. The van der Waals surface area contributed by atoms with Crippen molar-refractivity contribution in [2.45, 2.75) is 13.0 Å². The number of hydrogen-bond acceptors (Lipinski definition) is 4. The zero-order valence-corrected chi connectivity index (χ0v) is 6.67. The summed E-state index contributed by atoms with van der Waals surface area (Å²) in [5.74, 6) is 0.704. The van der Waals surface area contributed by atoms with Crippen LogP contribution in [0, 0.1) is 0 Å². The maximum atomic E-state index is 5.50. The highest BCUT2D eigenvalue weighted by Gasteiger charge is 2.05. The predicted octanol–water partition coefficient (Wildman–Crippen LogP) is -0.348. The summed E-state index contributed by atoms with van der Waals surface area (Å²) in [6, 6.07) is -0.0926. The fraction of sp³-hybridized carbons (Fsp3) is 0.750. The smallest absolute Gasteiger partial charge is 0.167 e. The zero-order valence-electron chi connectivity index (χ0n) is 5.85. The molecule has 1 rings (SSSR count). The number of hydrogen-bond donors (Lipinski definition) is 1. The third kappa shape index (κ3) is 1.65. The zero-order chi connectivity index (χ0) is 6.85. The van der Waals surface area contributed by atoms with Gasteiger partial charge in [0.15, 0.2) is 5.82 Å². The third-order valence-electron chi connectivity index (χ3n) is 1.06. The molecule has 1 heterocycles. The first kappa shape index (κ1) is 9.32. The van der Waals surface area contributed by atoms with Crippen LogP contribution in [0.2, 0.25) is 0 Å². The van der Waals surface area contributed by atoms with E-state index in [9.17, 15) is 0 Å². The number of nitrogens with two attached hydrogens (primary N) is 1. The maximum Gasteiger partial charge on any atom is 0.167 e. The average Bonchev–Trinajstić information content (AvgIpc) is 2.13. The van der Waals surface area contributed by atoms with Gasteiger partial charge in [-0.1, -0.05) is 0 Å². The van der Waals surface area contributed by atoms with E-state index in [0.717, 1.165) is 0 Å². The van der Waals surface area contributed by atoms with E-state index in [1.165, 1.54) is 0 Å². The molecule has 0 amide bonds. The van der Waals surface area contributed by atoms with Gasteiger partial charge in [-0.15, -0.1) is 17.5 Å². The van der Waals surface area contributed by atoms with Gasteiger partial charge < -0.3 is 5.73 Å². The van der Waals surface area contributed by atoms with Crippen molar-refractivity contribution in [3.63, 3.8) is 0 Å². The van der Waals surface area contributed by atoms with Crippen LogP contribution in [-0.4, -0.2) is 20.2 Å². The first-order valence-corrected chi connectivity index (χ1v) is 2.69. The van der Waals surface area contributed by atoms with Crippen LogP contribution in [0.5, 0.6) is 0 Å². The van der Waals surface area contributed by atoms with Gasteiger partial charge >= 0.3 is 0 Å². The van der Waals surface area contributed by atoms with Crippen LogP contribution in [0.1, 0.15) is 18.8 Å². The lowest BCUT2D eigenvalue weighted by Gasteiger charge is -1.99. The molecule has 6 heteroatoms. The SMILES string of the molecule is CC(N)c1nnnn1C.Cl. The number of aromatic nitrogens is 4. The summed E-state index contributed by atoms with van der Waals surface area (Å²) in [5.41, 5.74) is 5.50. The predicted molar refractivity (Wildman–Crippen MR) is 38.6 cm³/mol. The monoisotopic (exact) mass is 163 g/mol. The number of rotatable bonds is 1. The molecule has 10 heavy (non-hydrogen) atoms. The molecule has 5 nitrogen and oxygen atoms in total. The minimum atomic E-state index is -0.0926. The number of nitrogens with zero attached hydrogens (tertiary/aromatic N) is 4. The van der Waals surface area contributed by atoms with Gasteiger partial charge in [0.1, 0.15) is 0 Å². The summed E-state index contributed by atoms with van der Waals surface area (Å²) in [7, 11) is 1.76. The van der Waals surface area contributed by atoms with Crippen LogP contribution in [0.3, 0.4) is 0 Å². The molecule has 2 N–H and O–H groups in total. The highest BCUT2D eigenvalue weighted by molar-refractivity contribution is 5.85. The lowest BCUT2D eigenvalue weighted by Crippen LogP contribution is -2.11. The molecule has 0 aliphatic heterocycles. The molecular weight excluding hydrogens is 154 g/mol. The fourth-order valence-corrected chi connectivity index (χ4v) is 0.622. The van der Waals surface area contributed by atoms with Crippen LogP contribution in [-0.2, 0) is 7.05 Å². The Hall–Kier alpha value is -0.680. The molecule has 58 valence electrons. The normalized spacial score (nSPS) is 12.3. The molecular formula is C4H10ClN5. The summed E-state index contributed by atoms with van der Waals surface area (Å²) >= 11 is 0. The van der Waals surface area contributed by atoms with Gasteiger partial charge in [-0.05, 0) is 17.4 Å². The van der Waals surface area contributed by atoms with Gasteiger partial charge in [0, 0.05) is 7.05 Å². The minimum absolute atomic E-state index is 0. The van der Waals surface area contributed by atoms with Gasteiger partial charge in [-0.25, -0.2) is 4.68 Å². The Morgan fingerprint density at radius 2 is 2.20 bits per heavy atom. The van der Waals surface area contributed by atoms with Crippen molar-refractivity contribution < 1.29 is 0 Å². The molecule has 1 unspecified atom stereocenters. The van der Waals surface area contributed by atoms with E-state index < -0.39 is 0 Å². The van der Waals surface area contributed by atoms with E-state index in [-0.39, 0.29) is 18.4 Å². The molecule has 0 aliphatic rings. The van der Waals surface area contributed by atoms with Crippen molar-refractivity contribution in [1.29, 1.82) is 0 Å². The van der Waals surface area contributed by atoms with Crippen LogP contribution >= 0.6 is 12.4 Å². The van der Waals surface area contributed by atoms with Gasteiger partial charge in [0.25, 0.3) is 0 Å². The summed E-state index contributed by atoms with van der Waals surface area (Å²) in [6.45, 7) is 1.84. The Morgan fingerprint density at radius 3 is 2.40 bits per heavy atom. The summed E-state index contributed by atoms with van der Waals surface area (Å²) in [4.78, 5) is 0. The summed E-state index contributed by atoms with van der Waals surface area (Å²) < 4.78 is 1.56. The molecule has 0 spiro atoms. The Labute approximate surface area is 65.0 Å². The van der Waals surface area contributed by atoms with Crippen molar-refractivity contribution in [2.24, 2.45) is 12.8 Å². The van der Waals surface area contributed by atoms with E-state index in [0.29, 0.717) is 5.82 Å². The fourth-order valence-electron chi connectivity index (χ4n) is 0.622. The molecule has 0 bridgehead atoms. The highest BCUT2D eigenvalue weighted by atomic mass is 35.5. The quantitative estimate of drug-likeness (QED) is 0.615. The van der Waals surface area contributed by atoms with Gasteiger partial charge in [-0.3, -0.25) is 0 Å². The number of aryl methyl sites for hydroxylation is 1. The van der Waals surface area contributed by atoms with E-state index in [4.69, 9.17) is 5.73 Å². The summed E-state index contributed by atoms with van der Waals surface area (Å²) in [6.07, 6.45) is 0. The molecule has 1 atom stereocenters. The molecule has 0 aliphatic carbocycles. The topological polar surface area (TPSA) is 69.6 Å². The third-order valence-corrected chi connectivity index (χ3v) is 1.06. The van der Waals surface area contributed by atoms with Crippen LogP contribution in [0.15, 0.2) is 0 Å². The molecule has 0 fully saturated rings. The average molecular weight is 164 g/mol. The highest BCUT2D eigenvalue weighted by Crippen LogP contribution is 1.99. The largest absolute Gasteiger partial charge is 0.322 e. The lowest BCUT2D eigenvalue weighted by molar-refractivity contribution is 0.632. The Morgan fingerprint density at radius 1 is 1.60 bits per heavy atom. The standard InChI is InChI=1S/C4H9N5.ClH/c1-3(5)4-6-7-8-9(4)2;/h3H,5H2,1-2H3;1H. The van der Waals surface area contributed by atoms with Crippen molar-refractivity contribution >= 4 is 12.4 Å². The van der Waals surface area contributed by atoms with Gasteiger partial charge in [0.2, 0.25) is 0 Å². The number of halogens is 1. The molecule has 0 saturated heterocycles. The Balaban J connectivity index is 0.000000810. The second-order valence-corrected chi connectivity index (χ2v) is 1.95. The Bertz CT molecular complexity index is 195. The second-order valence-electron chi connectivity index (χ2n) is 1.95. The lowest BCUT2D eigenvalue weighted by atomic mass is 10.3. The molecule has 1 aromatic rings. The minimum Gasteiger partial charge on any atom is -0.322 e. The molecule has 1 aromatic heterocycles. The Kier molecular flexibility index (Phi) is 3.24.